The average Bonchev–Trinajstić information content (AvgIpc) is 3.24. The zero-order valence-electron chi connectivity index (χ0n) is 15.0. The first-order chi connectivity index (χ1) is 14.0. The predicted molar refractivity (Wildman–Crippen MR) is 117 cm³/mol. The van der Waals surface area contributed by atoms with E-state index in [0.29, 0.717) is 31.4 Å². The number of benzene rings is 2. The molecule has 1 N–H and O–H groups in total. The van der Waals surface area contributed by atoms with Crippen LogP contribution in [0.4, 0.5) is 5.69 Å². The Hall–Kier alpha value is -2.55. The van der Waals surface area contributed by atoms with Gasteiger partial charge in [0, 0.05) is 23.7 Å². The van der Waals surface area contributed by atoms with E-state index in [9.17, 15) is 9.59 Å². The van der Waals surface area contributed by atoms with Crippen molar-refractivity contribution < 1.29 is 19.1 Å². The molecule has 0 aromatic heterocycles. The van der Waals surface area contributed by atoms with Gasteiger partial charge in [-0.2, -0.15) is 0 Å². The number of carbonyl (C=O) groups excluding carboxylic acids is 2. The SMILES string of the molecule is O=C(CCN1C(=O)/C(=C/c2ccc3c(c2)OCO3)SC1=S)Nc1cccc(Cl)c1. The van der Waals surface area contributed by atoms with E-state index in [-0.39, 0.29) is 31.6 Å². The van der Waals surface area contributed by atoms with Crippen LogP contribution in [-0.2, 0) is 9.59 Å². The van der Waals surface area contributed by atoms with Gasteiger partial charge in [-0.1, -0.05) is 47.7 Å². The van der Waals surface area contributed by atoms with Crippen LogP contribution in [0, 0.1) is 0 Å². The maximum Gasteiger partial charge on any atom is 0.266 e. The quantitative estimate of drug-likeness (QED) is 0.545. The highest BCUT2D eigenvalue weighted by atomic mass is 35.5. The summed E-state index contributed by atoms with van der Waals surface area (Å²) in [6.07, 6.45) is 1.88. The third kappa shape index (κ3) is 4.55. The molecule has 2 aliphatic heterocycles. The predicted octanol–water partition coefficient (Wildman–Crippen LogP) is 4.30. The van der Waals surface area contributed by atoms with Crippen LogP contribution in [0.3, 0.4) is 0 Å². The summed E-state index contributed by atoms with van der Waals surface area (Å²) in [5.74, 6) is 0.890. The summed E-state index contributed by atoms with van der Waals surface area (Å²) in [6.45, 7) is 0.397. The number of fused-ring (bicyclic) bond motifs is 1. The Kier molecular flexibility index (Phi) is 5.75. The number of amides is 2. The molecule has 2 aromatic rings. The molecule has 0 radical (unpaired) electrons. The molecule has 0 spiro atoms. The number of halogens is 1. The Balaban J connectivity index is 1.38. The fourth-order valence-electron chi connectivity index (χ4n) is 2.85. The summed E-state index contributed by atoms with van der Waals surface area (Å²) in [5.41, 5.74) is 1.42. The smallest absolute Gasteiger partial charge is 0.266 e. The number of thiocarbonyl (C=S) groups is 1. The van der Waals surface area contributed by atoms with Crippen LogP contribution >= 0.6 is 35.6 Å². The lowest BCUT2D eigenvalue weighted by molar-refractivity contribution is -0.122. The first-order valence-electron chi connectivity index (χ1n) is 8.70. The number of nitrogens with one attached hydrogen (secondary N) is 1. The highest BCUT2D eigenvalue weighted by molar-refractivity contribution is 8.26. The van der Waals surface area contributed by atoms with Crippen LogP contribution in [0.25, 0.3) is 6.08 Å². The molecule has 0 aliphatic carbocycles. The molecule has 6 nitrogen and oxygen atoms in total. The van der Waals surface area contributed by atoms with Crippen molar-refractivity contribution in [1.29, 1.82) is 0 Å². The van der Waals surface area contributed by atoms with Gasteiger partial charge in [0.25, 0.3) is 5.91 Å². The fourth-order valence-corrected chi connectivity index (χ4v) is 4.35. The van der Waals surface area contributed by atoms with Crippen molar-refractivity contribution in [2.45, 2.75) is 6.42 Å². The molecule has 0 saturated carbocycles. The molecule has 0 bridgehead atoms. The molecule has 2 aliphatic rings. The van der Waals surface area contributed by atoms with E-state index in [2.05, 4.69) is 5.32 Å². The van der Waals surface area contributed by atoms with Crippen molar-refractivity contribution in [3.63, 3.8) is 0 Å². The summed E-state index contributed by atoms with van der Waals surface area (Å²) in [5, 5.41) is 3.30. The molecule has 1 fully saturated rings. The molecule has 4 rings (SSSR count). The molecule has 148 valence electrons. The number of carbonyl (C=O) groups is 2. The molecular weight excluding hydrogens is 432 g/mol. The highest BCUT2D eigenvalue weighted by Crippen LogP contribution is 2.36. The second kappa shape index (κ2) is 8.44. The first kappa shape index (κ1) is 19.8. The van der Waals surface area contributed by atoms with Gasteiger partial charge in [0.05, 0.1) is 4.91 Å². The number of nitrogens with zero attached hydrogens (tertiary/aromatic N) is 1. The fraction of sp³-hybridized carbons (Fsp3) is 0.150. The Morgan fingerprint density at radius 1 is 1.24 bits per heavy atom. The normalized spacial score (nSPS) is 16.6. The number of thioether (sulfide) groups is 1. The molecule has 0 unspecified atom stereocenters. The largest absolute Gasteiger partial charge is 0.454 e. The molecule has 2 amide bonds. The Labute approximate surface area is 181 Å². The minimum absolute atomic E-state index is 0.121. The summed E-state index contributed by atoms with van der Waals surface area (Å²) in [7, 11) is 0. The lowest BCUT2D eigenvalue weighted by Gasteiger charge is -2.14. The van der Waals surface area contributed by atoms with Crippen molar-refractivity contribution in [2.75, 3.05) is 18.7 Å². The Morgan fingerprint density at radius 3 is 2.90 bits per heavy atom. The number of ether oxygens (including phenoxy) is 2. The zero-order valence-corrected chi connectivity index (χ0v) is 17.4. The van der Waals surface area contributed by atoms with Crippen LogP contribution in [0.1, 0.15) is 12.0 Å². The lowest BCUT2D eigenvalue weighted by Crippen LogP contribution is -2.31. The monoisotopic (exact) mass is 446 g/mol. The third-order valence-electron chi connectivity index (χ3n) is 4.24. The van der Waals surface area contributed by atoms with E-state index >= 15 is 0 Å². The summed E-state index contributed by atoms with van der Waals surface area (Å²) >= 11 is 12.5. The topological polar surface area (TPSA) is 67.9 Å². The van der Waals surface area contributed by atoms with E-state index in [4.69, 9.17) is 33.3 Å². The van der Waals surface area contributed by atoms with Crippen LogP contribution in [0.2, 0.25) is 5.02 Å². The van der Waals surface area contributed by atoms with Gasteiger partial charge < -0.3 is 14.8 Å². The molecule has 9 heteroatoms. The van der Waals surface area contributed by atoms with E-state index in [1.54, 1.807) is 36.4 Å². The van der Waals surface area contributed by atoms with Gasteiger partial charge in [0.1, 0.15) is 4.32 Å². The van der Waals surface area contributed by atoms with Gasteiger partial charge in [-0.25, -0.2) is 0 Å². The first-order valence-corrected chi connectivity index (χ1v) is 10.3. The Bertz CT molecular complexity index is 1040. The minimum Gasteiger partial charge on any atom is -0.454 e. The van der Waals surface area contributed by atoms with Gasteiger partial charge in [-0.05, 0) is 42.0 Å². The van der Waals surface area contributed by atoms with E-state index in [1.165, 1.54) is 16.7 Å². The van der Waals surface area contributed by atoms with E-state index in [0.717, 1.165) is 5.56 Å². The van der Waals surface area contributed by atoms with Crippen molar-refractivity contribution in [1.82, 2.24) is 4.90 Å². The van der Waals surface area contributed by atoms with E-state index in [1.807, 2.05) is 12.1 Å². The van der Waals surface area contributed by atoms with Crippen LogP contribution in [0.5, 0.6) is 11.5 Å². The minimum atomic E-state index is -0.221. The molecular formula is C20H15ClN2O4S2. The number of rotatable bonds is 5. The van der Waals surface area contributed by atoms with Gasteiger partial charge >= 0.3 is 0 Å². The molecule has 2 heterocycles. The third-order valence-corrected chi connectivity index (χ3v) is 5.85. The Morgan fingerprint density at radius 2 is 2.07 bits per heavy atom. The maximum absolute atomic E-state index is 12.7. The number of hydrogen-bond acceptors (Lipinski definition) is 6. The summed E-state index contributed by atoms with van der Waals surface area (Å²) in [6, 6.07) is 12.3. The molecule has 29 heavy (non-hydrogen) atoms. The second-order valence-corrected chi connectivity index (χ2v) is 8.37. The average molecular weight is 447 g/mol. The van der Waals surface area contributed by atoms with Gasteiger partial charge in [0.2, 0.25) is 12.7 Å². The number of anilines is 1. The van der Waals surface area contributed by atoms with Gasteiger partial charge in [-0.15, -0.1) is 0 Å². The van der Waals surface area contributed by atoms with Crippen LogP contribution in [0.15, 0.2) is 47.4 Å². The van der Waals surface area contributed by atoms with Crippen LogP contribution < -0.4 is 14.8 Å². The molecule has 0 atom stereocenters. The van der Waals surface area contributed by atoms with Crippen molar-refractivity contribution in [2.24, 2.45) is 0 Å². The van der Waals surface area contributed by atoms with Crippen LogP contribution in [-0.4, -0.2) is 34.4 Å². The maximum atomic E-state index is 12.7. The van der Waals surface area contributed by atoms with Gasteiger partial charge in [0.15, 0.2) is 11.5 Å². The standard InChI is InChI=1S/C20H15ClN2O4S2/c21-13-2-1-3-14(10-13)22-18(24)6-7-23-19(25)17(29-20(23)28)9-12-4-5-15-16(8-12)27-11-26-15/h1-5,8-10H,6-7,11H2,(H,22,24)/b17-9-. The molecule has 1 saturated heterocycles. The highest BCUT2D eigenvalue weighted by Gasteiger charge is 2.32. The van der Waals surface area contributed by atoms with E-state index < -0.39 is 0 Å². The number of hydrogen-bond donors (Lipinski definition) is 1. The van der Waals surface area contributed by atoms with Crippen molar-refractivity contribution in [3.8, 4) is 11.5 Å². The van der Waals surface area contributed by atoms with Crippen molar-refractivity contribution in [3.05, 3.63) is 58.0 Å². The van der Waals surface area contributed by atoms with Gasteiger partial charge in [-0.3, -0.25) is 14.5 Å². The summed E-state index contributed by atoms with van der Waals surface area (Å²) in [4.78, 5) is 26.9. The molecule has 2 aromatic carbocycles. The zero-order chi connectivity index (χ0) is 20.4. The summed E-state index contributed by atoms with van der Waals surface area (Å²) < 4.78 is 11.1. The van der Waals surface area contributed by atoms with Crippen molar-refractivity contribution >= 4 is 63.5 Å². The lowest BCUT2D eigenvalue weighted by atomic mass is 10.2. The second-order valence-electron chi connectivity index (χ2n) is 6.25.